The molecule has 0 bridgehead atoms. The molecule has 8 nitrogen and oxygen atoms in total. The molecular formula is C24H15BrClIN2O6. The summed E-state index contributed by atoms with van der Waals surface area (Å²) < 4.78 is 18.5. The highest BCUT2D eigenvalue weighted by molar-refractivity contribution is 14.1. The van der Waals surface area contributed by atoms with Gasteiger partial charge in [0.25, 0.3) is 5.69 Å². The molecule has 0 unspecified atom stereocenters. The summed E-state index contributed by atoms with van der Waals surface area (Å²) in [5.41, 5.74) is 1.78. The van der Waals surface area contributed by atoms with Gasteiger partial charge in [0.05, 0.1) is 27.1 Å². The molecule has 0 saturated carbocycles. The summed E-state index contributed by atoms with van der Waals surface area (Å²) in [5, 5.41) is 11.0. The molecule has 4 rings (SSSR count). The van der Waals surface area contributed by atoms with Crippen molar-refractivity contribution in [1.82, 2.24) is 0 Å². The number of aliphatic imine (C=N–C) groups is 1. The van der Waals surface area contributed by atoms with Crippen LogP contribution in [0.15, 0.2) is 69.8 Å². The van der Waals surface area contributed by atoms with E-state index in [9.17, 15) is 14.9 Å². The number of carbonyl (C=O) groups excluding carboxylic acids is 1. The van der Waals surface area contributed by atoms with Crippen LogP contribution in [0.3, 0.4) is 0 Å². The van der Waals surface area contributed by atoms with Gasteiger partial charge in [-0.15, -0.1) is 0 Å². The quantitative estimate of drug-likeness (QED) is 0.0931. The van der Waals surface area contributed by atoms with Crippen LogP contribution in [0.5, 0.6) is 11.5 Å². The maximum absolute atomic E-state index is 12.4. The van der Waals surface area contributed by atoms with Crippen molar-refractivity contribution in [2.75, 3.05) is 7.11 Å². The van der Waals surface area contributed by atoms with Gasteiger partial charge in [-0.05, 0) is 74.4 Å². The first-order valence-electron chi connectivity index (χ1n) is 9.97. The van der Waals surface area contributed by atoms with E-state index in [1.807, 2.05) is 24.3 Å². The lowest BCUT2D eigenvalue weighted by atomic mass is 10.1. The SMILES string of the molecule is COc1cc(/C=C2\N=C(c3ccc([N+](=O)[O-])cc3Cl)OC2=O)cc(Br)c1OCc1ccccc1I. The van der Waals surface area contributed by atoms with Crippen LogP contribution in [-0.4, -0.2) is 23.9 Å². The zero-order valence-electron chi connectivity index (χ0n) is 18.0. The Kier molecular flexibility index (Phi) is 7.72. The van der Waals surface area contributed by atoms with Gasteiger partial charge in [-0.25, -0.2) is 9.79 Å². The summed E-state index contributed by atoms with van der Waals surface area (Å²) >= 11 is 11.9. The van der Waals surface area contributed by atoms with Gasteiger partial charge in [0, 0.05) is 21.3 Å². The second-order valence-corrected chi connectivity index (χ2v) is 9.60. The molecular weight excluding hydrogens is 655 g/mol. The molecule has 3 aromatic carbocycles. The predicted molar refractivity (Wildman–Crippen MR) is 143 cm³/mol. The maximum Gasteiger partial charge on any atom is 0.363 e. The molecule has 0 spiro atoms. The number of hydrogen-bond acceptors (Lipinski definition) is 7. The highest BCUT2D eigenvalue weighted by Crippen LogP contribution is 2.38. The first-order valence-corrected chi connectivity index (χ1v) is 12.2. The lowest BCUT2D eigenvalue weighted by molar-refractivity contribution is -0.384. The van der Waals surface area contributed by atoms with Crippen molar-refractivity contribution in [2.45, 2.75) is 6.61 Å². The van der Waals surface area contributed by atoms with Crippen molar-refractivity contribution in [3.05, 3.63) is 100 Å². The van der Waals surface area contributed by atoms with Crippen molar-refractivity contribution >= 4 is 73.8 Å². The van der Waals surface area contributed by atoms with E-state index in [1.165, 1.54) is 31.4 Å². The third kappa shape index (κ3) is 5.65. The average Bonchev–Trinajstić information content (AvgIpc) is 3.18. The number of hydrogen-bond donors (Lipinski definition) is 0. The lowest BCUT2D eigenvalue weighted by Crippen LogP contribution is -2.06. The molecule has 0 atom stereocenters. The van der Waals surface area contributed by atoms with Crippen molar-refractivity contribution in [3.8, 4) is 11.5 Å². The smallest absolute Gasteiger partial charge is 0.363 e. The largest absolute Gasteiger partial charge is 0.493 e. The standard InChI is InChI=1S/C24H15BrClIN2O6/c1-33-21-10-13(8-17(25)22(21)34-12-14-4-2-3-5-19(14)27)9-20-24(30)35-23(28-20)16-7-6-15(29(31)32)11-18(16)26/h2-11H,12H2,1H3/b20-9-. The summed E-state index contributed by atoms with van der Waals surface area (Å²) in [6, 6.07) is 15.2. The Balaban J connectivity index is 1.61. The van der Waals surface area contributed by atoms with Crippen LogP contribution in [0, 0.1) is 13.7 Å². The average molecular weight is 670 g/mol. The molecule has 1 aliphatic rings. The van der Waals surface area contributed by atoms with Gasteiger partial charge in [0.15, 0.2) is 17.2 Å². The molecule has 0 N–H and O–H groups in total. The first kappa shape index (κ1) is 25.1. The fraction of sp³-hybridized carbons (Fsp3) is 0.0833. The van der Waals surface area contributed by atoms with Crippen LogP contribution in [0.4, 0.5) is 5.69 Å². The Morgan fingerprint density at radius 1 is 1.23 bits per heavy atom. The monoisotopic (exact) mass is 668 g/mol. The fourth-order valence-electron chi connectivity index (χ4n) is 3.20. The first-order chi connectivity index (χ1) is 16.8. The molecule has 3 aromatic rings. The van der Waals surface area contributed by atoms with Crippen molar-refractivity contribution in [1.29, 1.82) is 0 Å². The maximum atomic E-state index is 12.4. The van der Waals surface area contributed by atoms with Crippen LogP contribution < -0.4 is 9.47 Å². The number of benzene rings is 3. The molecule has 0 amide bonds. The summed E-state index contributed by atoms with van der Waals surface area (Å²) in [6.07, 6.45) is 1.53. The molecule has 11 heteroatoms. The third-order valence-corrected chi connectivity index (χ3v) is 6.85. The molecule has 0 aliphatic carbocycles. The Hall–Kier alpha value is -2.96. The van der Waals surface area contributed by atoms with Gasteiger partial charge in [-0.1, -0.05) is 29.8 Å². The molecule has 1 heterocycles. The molecule has 0 saturated heterocycles. The van der Waals surface area contributed by atoms with Gasteiger partial charge < -0.3 is 14.2 Å². The third-order valence-electron chi connectivity index (χ3n) is 4.90. The Labute approximate surface area is 227 Å². The number of cyclic esters (lactones) is 1. The van der Waals surface area contributed by atoms with Crippen LogP contribution in [0.25, 0.3) is 6.08 Å². The lowest BCUT2D eigenvalue weighted by Gasteiger charge is -2.14. The highest BCUT2D eigenvalue weighted by atomic mass is 127. The Bertz CT molecular complexity index is 1410. The predicted octanol–water partition coefficient (Wildman–Crippen LogP) is 6.55. The van der Waals surface area contributed by atoms with Gasteiger partial charge in [0.2, 0.25) is 5.90 Å². The zero-order valence-corrected chi connectivity index (χ0v) is 22.5. The van der Waals surface area contributed by atoms with Crippen LogP contribution in [-0.2, 0) is 16.1 Å². The zero-order chi connectivity index (χ0) is 25.1. The molecule has 1 aliphatic heterocycles. The van der Waals surface area contributed by atoms with E-state index in [2.05, 4.69) is 43.5 Å². The van der Waals surface area contributed by atoms with E-state index in [1.54, 1.807) is 12.1 Å². The van der Waals surface area contributed by atoms with Crippen LogP contribution in [0.2, 0.25) is 5.02 Å². The minimum Gasteiger partial charge on any atom is -0.493 e. The van der Waals surface area contributed by atoms with E-state index in [0.717, 1.165) is 9.13 Å². The van der Waals surface area contributed by atoms with E-state index in [4.69, 9.17) is 25.8 Å². The van der Waals surface area contributed by atoms with Crippen molar-refractivity contribution < 1.29 is 23.9 Å². The number of carbonyl (C=O) groups is 1. The minimum absolute atomic E-state index is 0.0374. The normalized spacial score (nSPS) is 14.0. The topological polar surface area (TPSA) is 100 Å². The number of methoxy groups -OCH3 is 1. The van der Waals surface area contributed by atoms with Crippen molar-refractivity contribution in [2.24, 2.45) is 4.99 Å². The van der Waals surface area contributed by atoms with Gasteiger partial charge >= 0.3 is 5.97 Å². The highest BCUT2D eigenvalue weighted by Gasteiger charge is 2.27. The molecule has 0 radical (unpaired) electrons. The second-order valence-electron chi connectivity index (χ2n) is 7.17. The Morgan fingerprint density at radius 2 is 2.00 bits per heavy atom. The summed E-state index contributed by atoms with van der Waals surface area (Å²) in [6.45, 7) is 0.352. The molecule has 0 aromatic heterocycles. The van der Waals surface area contributed by atoms with E-state index < -0.39 is 10.9 Å². The van der Waals surface area contributed by atoms with Gasteiger partial charge in [-0.2, -0.15) is 0 Å². The van der Waals surface area contributed by atoms with E-state index in [0.29, 0.717) is 28.1 Å². The van der Waals surface area contributed by atoms with Crippen LogP contribution in [0.1, 0.15) is 16.7 Å². The Morgan fingerprint density at radius 3 is 2.69 bits per heavy atom. The van der Waals surface area contributed by atoms with Gasteiger partial charge in [-0.3, -0.25) is 10.1 Å². The minimum atomic E-state index is -0.677. The van der Waals surface area contributed by atoms with Gasteiger partial charge in [0.1, 0.15) is 6.61 Å². The molecule has 178 valence electrons. The van der Waals surface area contributed by atoms with Crippen molar-refractivity contribution in [3.63, 3.8) is 0 Å². The number of ether oxygens (including phenoxy) is 3. The number of rotatable bonds is 7. The fourth-order valence-corrected chi connectivity index (χ4v) is 4.57. The number of esters is 1. The van der Waals surface area contributed by atoms with E-state index in [-0.39, 0.29) is 27.9 Å². The number of nitro groups is 1. The second kappa shape index (κ2) is 10.8. The number of nitro benzene ring substituents is 1. The summed E-state index contributed by atoms with van der Waals surface area (Å²) in [5.74, 6) is 0.268. The number of non-ortho nitro benzene ring substituents is 1. The summed E-state index contributed by atoms with van der Waals surface area (Å²) in [7, 11) is 1.52. The van der Waals surface area contributed by atoms with E-state index >= 15 is 0 Å². The molecule has 35 heavy (non-hydrogen) atoms. The number of halogens is 3. The number of nitrogens with zero attached hydrogens (tertiary/aromatic N) is 2. The summed E-state index contributed by atoms with van der Waals surface area (Å²) in [4.78, 5) is 27.0. The van der Waals surface area contributed by atoms with Crippen LogP contribution >= 0.6 is 50.1 Å². The molecule has 0 fully saturated rings.